The summed E-state index contributed by atoms with van der Waals surface area (Å²) >= 11 is 3.34. The van der Waals surface area contributed by atoms with Gasteiger partial charge in [-0.15, -0.1) is 23.1 Å². The standard InChI is InChI=1S/C14H12N2OS2/c1-8-3-4-12-13(15-8)11(14(17)16-12)6-9-5-10(18-2)7-19-9/h3-7H,1-2H3,(H,16,17). The van der Waals surface area contributed by atoms with Crippen LogP contribution in [0.3, 0.4) is 0 Å². The zero-order valence-corrected chi connectivity index (χ0v) is 12.2. The van der Waals surface area contributed by atoms with Gasteiger partial charge in [0.25, 0.3) is 5.91 Å². The molecule has 0 radical (unpaired) electrons. The van der Waals surface area contributed by atoms with E-state index in [0.29, 0.717) is 5.57 Å². The summed E-state index contributed by atoms with van der Waals surface area (Å²) in [5, 5.41) is 4.94. The number of aromatic nitrogens is 1. The van der Waals surface area contributed by atoms with Crippen LogP contribution in [0.1, 0.15) is 16.3 Å². The van der Waals surface area contributed by atoms with Gasteiger partial charge in [0.15, 0.2) is 0 Å². The monoisotopic (exact) mass is 288 g/mol. The molecular formula is C14H12N2OS2. The molecule has 0 spiro atoms. The van der Waals surface area contributed by atoms with Gasteiger partial charge in [0, 0.05) is 20.8 Å². The lowest BCUT2D eigenvalue weighted by Crippen LogP contribution is -2.03. The number of amides is 1. The summed E-state index contributed by atoms with van der Waals surface area (Å²) in [6.07, 6.45) is 3.96. The van der Waals surface area contributed by atoms with Gasteiger partial charge in [-0.3, -0.25) is 9.78 Å². The molecule has 96 valence electrons. The fraction of sp³-hybridized carbons (Fsp3) is 0.143. The quantitative estimate of drug-likeness (QED) is 0.677. The number of rotatable bonds is 2. The normalized spacial score (nSPS) is 15.7. The number of carbonyl (C=O) groups is 1. The van der Waals surface area contributed by atoms with Crippen LogP contribution in [-0.4, -0.2) is 17.1 Å². The smallest absolute Gasteiger partial charge is 0.258 e. The highest BCUT2D eigenvalue weighted by atomic mass is 32.2. The Morgan fingerprint density at radius 1 is 1.42 bits per heavy atom. The summed E-state index contributed by atoms with van der Waals surface area (Å²) in [6.45, 7) is 1.93. The molecule has 0 fully saturated rings. The molecule has 3 rings (SSSR count). The fourth-order valence-electron chi connectivity index (χ4n) is 1.95. The van der Waals surface area contributed by atoms with E-state index >= 15 is 0 Å². The number of aryl methyl sites for hydroxylation is 1. The molecule has 0 bridgehead atoms. The molecule has 3 heterocycles. The van der Waals surface area contributed by atoms with E-state index in [0.717, 1.165) is 22.0 Å². The lowest BCUT2D eigenvalue weighted by molar-refractivity contribution is -0.110. The summed E-state index contributed by atoms with van der Waals surface area (Å²) in [4.78, 5) is 18.7. The van der Waals surface area contributed by atoms with Crippen molar-refractivity contribution in [2.75, 3.05) is 11.6 Å². The van der Waals surface area contributed by atoms with E-state index in [-0.39, 0.29) is 5.91 Å². The van der Waals surface area contributed by atoms with Crippen LogP contribution >= 0.6 is 23.1 Å². The van der Waals surface area contributed by atoms with E-state index in [1.165, 1.54) is 4.90 Å². The van der Waals surface area contributed by atoms with Crippen molar-refractivity contribution in [3.63, 3.8) is 0 Å². The lowest BCUT2D eigenvalue weighted by atomic mass is 10.1. The molecular weight excluding hydrogens is 276 g/mol. The molecule has 1 amide bonds. The fourth-order valence-corrected chi connectivity index (χ4v) is 3.50. The number of anilines is 1. The maximum Gasteiger partial charge on any atom is 0.258 e. The number of pyridine rings is 1. The number of carbonyl (C=O) groups excluding carboxylic acids is 1. The van der Waals surface area contributed by atoms with Gasteiger partial charge in [-0.05, 0) is 37.5 Å². The second kappa shape index (κ2) is 4.83. The molecule has 0 saturated heterocycles. The van der Waals surface area contributed by atoms with Crippen molar-refractivity contribution >= 4 is 46.3 Å². The maximum absolute atomic E-state index is 12.0. The minimum Gasteiger partial charge on any atom is -0.320 e. The molecule has 0 aliphatic carbocycles. The Hall–Kier alpha value is -1.59. The molecule has 19 heavy (non-hydrogen) atoms. The molecule has 2 aromatic heterocycles. The van der Waals surface area contributed by atoms with Crippen LogP contribution in [0, 0.1) is 6.92 Å². The first-order chi connectivity index (χ1) is 9.17. The minimum atomic E-state index is -0.0767. The molecule has 1 aliphatic rings. The van der Waals surface area contributed by atoms with Crippen molar-refractivity contribution in [2.24, 2.45) is 0 Å². The molecule has 1 N–H and O–H groups in total. The molecule has 0 atom stereocenters. The van der Waals surface area contributed by atoms with Crippen LogP contribution in [-0.2, 0) is 4.79 Å². The van der Waals surface area contributed by atoms with E-state index in [1.54, 1.807) is 23.1 Å². The lowest BCUT2D eigenvalue weighted by Gasteiger charge is -1.98. The van der Waals surface area contributed by atoms with E-state index in [4.69, 9.17) is 0 Å². The summed E-state index contributed by atoms with van der Waals surface area (Å²) < 4.78 is 0. The molecule has 0 unspecified atom stereocenters. The highest BCUT2D eigenvalue weighted by Gasteiger charge is 2.25. The van der Waals surface area contributed by atoms with Gasteiger partial charge in [0.1, 0.15) is 0 Å². The third kappa shape index (κ3) is 2.31. The largest absolute Gasteiger partial charge is 0.320 e. The van der Waals surface area contributed by atoms with Gasteiger partial charge in [-0.1, -0.05) is 0 Å². The zero-order valence-electron chi connectivity index (χ0n) is 10.6. The number of hydrogen-bond donors (Lipinski definition) is 1. The van der Waals surface area contributed by atoms with E-state index < -0.39 is 0 Å². The van der Waals surface area contributed by atoms with Crippen molar-refractivity contribution in [3.8, 4) is 0 Å². The van der Waals surface area contributed by atoms with Crippen LogP contribution in [0.5, 0.6) is 0 Å². The number of nitrogens with one attached hydrogen (secondary N) is 1. The van der Waals surface area contributed by atoms with Crippen LogP contribution in [0.25, 0.3) is 11.6 Å². The van der Waals surface area contributed by atoms with Gasteiger partial charge in [-0.2, -0.15) is 0 Å². The molecule has 1 aliphatic heterocycles. The van der Waals surface area contributed by atoms with E-state index in [1.807, 2.05) is 31.4 Å². The Balaban J connectivity index is 2.06. The summed E-state index contributed by atoms with van der Waals surface area (Å²) in [7, 11) is 0. The first kappa shape index (κ1) is 12.4. The number of thioether (sulfide) groups is 1. The first-order valence-corrected chi connectivity index (χ1v) is 7.91. The van der Waals surface area contributed by atoms with Crippen molar-refractivity contribution in [3.05, 3.63) is 39.8 Å². The Morgan fingerprint density at radius 3 is 3.00 bits per heavy atom. The topological polar surface area (TPSA) is 42.0 Å². The van der Waals surface area contributed by atoms with Crippen molar-refractivity contribution < 1.29 is 4.79 Å². The van der Waals surface area contributed by atoms with Gasteiger partial charge in [0.2, 0.25) is 0 Å². The second-order valence-electron chi connectivity index (χ2n) is 4.25. The Bertz CT molecular complexity index is 689. The molecule has 3 nitrogen and oxygen atoms in total. The minimum absolute atomic E-state index is 0.0767. The Kier molecular flexibility index (Phi) is 3.16. The van der Waals surface area contributed by atoms with Crippen LogP contribution in [0.15, 0.2) is 28.5 Å². The first-order valence-electron chi connectivity index (χ1n) is 5.81. The van der Waals surface area contributed by atoms with Gasteiger partial charge in [-0.25, -0.2) is 0 Å². The van der Waals surface area contributed by atoms with Crippen LogP contribution in [0.2, 0.25) is 0 Å². The number of thiophene rings is 1. The molecule has 0 aromatic carbocycles. The van der Waals surface area contributed by atoms with E-state index in [9.17, 15) is 4.79 Å². The van der Waals surface area contributed by atoms with Crippen molar-refractivity contribution in [1.29, 1.82) is 0 Å². The van der Waals surface area contributed by atoms with Gasteiger partial charge in [0.05, 0.1) is 17.0 Å². The predicted molar refractivity (Wildman–Crippen MR) is 81.6 cm³/mol. The summed E-state index contributed by atoms with van der Waals surface area (Å²) in [6, 6.07) is 5.89. The SMILES string of the molecule is CSc1csc(C=C2C(=O)Nc3ccc(C)nc32)c1. The summed E-state index contributed by atoms with van der Waals surface area (Å²) in [5.74, 6) is -0.0767. The third-order valence-electron chi connectivity index (χ3n) is 2.90. The van der Waals surface area contributed by atoms with Gasteiger partial charge >= 0.3 is 0 Å². The van der Waals surface area contributed by atoms with Crippen molar-refractivity contribution in [2.45, 2.75) is 11.8 Å². The third-order valence-corrected chi connectivity index (χ3v) is 4.64. The number of hydrogen-bond acceptors (Lipinski definition) is 4. The maximum atomic E-state index is 12.0. The van der Waals surface area contributed by atoms with Crippen LogP contribution in [0.4, 0.5) is 5.69 Å². The predicted octanol–water partition coefficient (Wildman–Crippen LogP) is 3.67. The Morgan fingerprint density at radius 2 is 2.26 bits per heavy atom. The highest BCUT2D eigenvalue weighted by Crippen LogP contribution is 2.33. The van der Waals surface area contributed by atoms with Crippen molar-refractivity contribution in [1.82, 2.24) is 4.98 Å². The van der Waals surface area contributed by atoms with Gasteiger partial charge < -0.3 is 5.32 Å². The Labute approximate surface area is 119 Å². The zero-order chi connectivity index (χ0) is 13.4. The highest BCUT2D eigenvalue weighted by molar-refractivity contribution is 7.98. The number of nitrogens with zero attached hydrogens (tertiary/aromatic N) is 1. The average molecular weight is 288 g/mol. The number of fused-ring (bicyclic) bond motifs is 1. The second-order valence-corrected chi connectivity index (χ2v) is 6.07. The average Bonchev–Trinajstić information content (AvgIpc) is 2.96. The summed E-state index contributed by atoms with van der Waals surface area (Å²) in [5.41, 5.74) is 3.11. The molecule has 5 heteroatoms. The van der Waals surface area contributed by atoms with E-state index in [2.05, 4.69) is 21.7 Å². The molecule has 0 saturated carbocycles. The van der Waals surface area contributed by atoms with Crippen LogP contribution < -0.4 is 5.32 Å². The molecule has 2 aromatic rings.